The molecule has 0 aromatic carbocycles. The Labute approximate surface area is 79.1 Å². The lowest BCUT2D eigenvalue weighted by Crippen LogP contribution is -2.52. The van der Waals surface area contributed by atoms with Crippen LogP contribution in [0.1, 0.15) is 32.1 Å². The first-order chi connectivity index (χ1) is 6.31. The Balaban J connectivity index is 2.01. The molecule has 74 valence electrons. The average Bonchev–Trinajstić information content (AvgIpc) is 2.17. The molecule has 3 atom stereocenters. The molecular weight excluding hydrogens is 164 g/mol. The van der Waals surface area contributed by atoms with Gasteiger partial charge >= 0.3 is 0 Å². The van der Waals surface area contributed by atoms with E-state index >= 15 is 0 Å². The van der Waals surface area contributed by atoms with Gasteiger partial charge in [-0.2, -0.15) is 0 Å². The van der Waals surface area contributed by atoms with Gasteiger partial charge < -0.3 is 11.1 Å². The molecule has 0 bridgehead atoms. The van der Waals surface area contributed by atoms with Crippen molar-refractivity contribution in [3.8, 4) is 0 Å². The maximum atomic E-state index is 11.5. The first kappa shape index (κ1) is 9.00. The fourth-order valence-corrected chi connectivity index (χ4v) is 2.66. The van der Waals surface area contributed by atoms with E-state index in [1.165, 1.54) is 25.7 Å². The third kappa shape index (κ3) is 1.70. The van der Waals surface area contributed by atoms with Crippen LogP contribution in [0.4, 0.5) is 0 Å². The summed E-state index contributed by atoms with van der Waals surface area (Å²) in [5.74, 6) is 0.977. The number of carbonyl (C=O) groups excluding carboxylic acids is 1. The van der Waals surface area contributed by atoms with E-state index in [0.717, 1.165) is 6.42 Å². The topological polar surface area (TPSA) is 55.1 Å². The maximum Gasteiger partial charge on any atom is 0.224 e. The smallest absolute Gasteiger partial charge is 0.224 e. The van der Waals surface area contributed by atoms with E-state index in [0.29, 0.717) is 18.5 Å². The summed E-state index contributed by atoms with van der Waals surface area (Å²) in [7, 11) is 0. The highest BCUT2D eigenvalue weighted by molar-refractivity contribution is 5.80. The second-order valence-corrected chi connectivity index (χ2v) is 4.33. The van der Waals surface area contributed by atoms with E-state index in [4.69, 9.17) is 5.73 Å². The summed E-state index contributed by atoms with van der Waals surface area (Å²) in [6.07, 6.45) is 6.07. The summed E-state index contributed by atoms with van der Waals surface area (Å²) in [4.78, 5) is 11.5. The molecule has 2 rings (SSSR count). The number of fused-ring (bicyclic) bond motifs is 1. The second-order valence-electron chi connectivity index (χ2n) is 4.33. The Morgan fingerprint density at radius 2 is 2.15 bits per heavy atom. The maximum absolute atomic E-state index is 11.5. The number of hydrogen-bond acceptors (Lipinski definition) is 2. The number of nitrogens with two attached hydrogens (primary N) is 1. The van der Waals surface area contributed by atoms with Gasteiger partial charge in [-0.1, -0.05) is 12.8 Å². The molecule has 1 aliphatic heterocycles. The van der Waals surface area contributed by atoms with E-state index < -0.39 is 0 Å². The van der Waals surface area contributed by atoms with E-state index in [-0.39, 0.29) is 11.8 Å². The van der Waals surface area contributed by atoms with Crippen LogP contribution >= 0.6 is 0 Å². The molecule has 13 heavy (non-hydrogen) atoms. The van der Waals surface area contributed by atoms with E-state index in [2.05, 4.69) is 5.32 Å². The summed E-state index contributed by atoms with van der Waals surface area (Å²) in [6.45, 7) is 0.509. The van der Waals surface area contributed by atoms with Crippen molar-refractivity contribution in [3.05, 3.63) is 0 Å². The molecule has 1 amide bonds. The van der Waals surface area contributed by atoms with Gasteiger partial charge in [0.15, 0.2) is 0 Å². The molecular formula is C10H18N2O. The minimum absolute atomic E-state index is 0.0827. The van der Waals surface area contributed by atoms with Crippen molar-refractivity contribution in [3.63, 3.8) is 0 Å². The summed E-state index contributed by atoms with van der Waals surface area (Å²) >= 11 is 0. The number of carbonyl (C=O) groups is 1. The molecule has 2 aliphatic rings. The van der Waals surface area contributed by atoms with Crippen LogP contribution in [-0.2, 0) is 4.79 Å². The molecule has 0 spiro atoms. The Hall–Kier alpha value is -0.570. The highest BCUT2D eigenvalue weighted by Crippen LogP contribution is 2.32. The monoisotopic (exact) mass is 182 g/mol. The Morgan fingerprint density at radius 3 is 2.92 bits per heavy atom. The number of nitrogens with one attached hydrogen (secondary N) is 1. The van der Waals surface area contributed by atoms with Gasteiger partial charge in [-0.3, -0.25) is 4.79 Å². The lowest BCUT2D eigenvalue weighted by atomic mass is 9.76. The van der Waals surface area contributed by atoms with Crippen LogP contribution in [0.5, 0.6) is 0 Å². The van der Waals surface area contributed by atoms with Gasteiger partial charge in [0.1, 0.15) is 0 Å². The molecule has 0 aromatic rings. The first-order valence-electron chi connectivity index (χ1n) is 5.31. The highest BCUT2D eigenvalue weighted by atomic mass is 16.2. The normalized spacial score (nSPS) is 39.5. The fourth-order valence-electron chi connectivity index (χ4n) is 2.66. The van der Waals surface area contributed by atoms with Crippen molar-refractivity contribution in [1.82, 2.24) is 5.32 Å². The predicted octanol–water partition coefficient (Wildman–Crippen LogP) is 0.640. The number of amides is 1. The molecule has 0 radical (unpaired) electrons. The van der Waals surface area contributed by atoms with Gasteiger partial charge in [0.05, 0.1) is 5.92 Å². The molecule has 3 nitrogen and oxygen atoms in total. The highest BCUT2D eigenvalue weighted by Gasteiger charge is 2.35. The van der Waals surface area contributed by atoms with E-state index in [1.807, 2.05) is 0 Å². The molecule has 1 heterocycles. The average molecular weight is 182 g/mol. The third-order valence-corrected chi connectivity index (χ3v) is 3.48. The molecule has 0 aromatic heterocycles. The largest absolute Gasteiger partial charge is 0.353 e. The standard InChI is InChI=1S/C10H18N2O/c11-6-8-5-7-3-1-2-4-9(7)12-10(8)13/h7-9H,1-6,11H2,(H,12,13)/t7-,8+,9+/m1/s1. The van der Waals surface area contributed by atoms with Crippen LogP contribution in [0.15, 0.2) is 0 Å². The lowest BCUT2D eigenvalue weighted by Gasteiger charge is -2.39. The minimum atomic E-state index is 0.0827. The quantitative estimate of drug-likeness (QED) is 0.625. The third-order valence-electron chi connectivity index (χ3n) is 3.48. The zero-order valence-corrected chi connectivity index (χ0v) is 7.96. The minimum Gasteiger partial charge on any atom is -0.353 e. The molecule has 3 heteroatoms. The van der Waals surface area contributed by atoms with Gasteiger partial charge in [0.25, 0.3) is 0 Å². The second kappa shape index (κ2) is 3.66. The molecule has 1 saturated heterocycles. The van der Waals surface area contributed by atoms with E-state index in [9.17, 15) is 4.79 Å². The molecule has 2 fully saturated rings. The Kier molecular flexibility index (Phi) is 2.54. The van der Waals surface area contributed by atoms with Gasteiger partial charge in [0, 0.05) is 12.6 Å². The molecule has 3 N–H and O–H groups in total. The van der Waals surface area contributed by atoms with Crippen molar-refractivity contribution >= 4 is 5.91 Å². The number of piperidine rings is 1. The van der Waals surface area contributed by atoms with Gasteiger partial charge in [-0.25, -0.2) is 0 Å². The van der Waals surface area contributed by atoms with Crippen LogP contribution in [-0.4, -0.2) is 18.5 Å². The van der Waals surface area contributed by atoms with Crippen molar-refractivity contribution in [1.29, 1.82) is 0 Å². The van der Waals surface area contributed by atoms with Crippen LogP contribution in [0.2, 0.25) is 0 Å². The summed E-state index contributed by atoms with van der Waals surface area (Å²) < 4.78 is 0. The SMILES string of the molecule is NC[C@@H]1C[C@H]2CCCC[C@@H]2NC1=O. The summed E-state index contributed by atoms with van der Waals surface area (Å²) in [5, 5.41) is 3.10. The number of hydrogen-bond donors (Lipinski definition) is 2. The first-order valence-corrected chi connectivity index (χ1v) is 5.31. The van der Waals surface area contributed by atoms with Crippen LogP contribution in [0, 0.1) is 11.8 Å². The van der Waals surface area contributed by atoms with Gasteiger partial charge in [-0.05, 0) is 25.2 Å². The summed E-state index contributed by atoms with van der Waals surface area (Å²) in [5.41, 5.74) is 5.55. The molecule has 0 unspecified atom stereocenters. The molecule has 1 aliphatic carbocycles. The fraction of sp³-hybridized carbons (Fsp3) is 0.900. The van der Waals surface area contributed by atoms with Crippen molar-refractivity contribution in [2.24, 2.45) is 17.6 Å². The zero-order valence-electron chi connectivity index (χ0n) is 7.96. The Bertz CT molecular complexity index is 205. The zero-order chi connectivity index (χ0) is 9.26. The number of rotatable bonds is 1. The van der Waals surface area contributed by atoms with Gasteiger partial charge in [0.2, 0.25) is 5.91 Å². The van der Waals surface area contributed by atoms with Crippen LogP contribution in [0.25, 0.3) is 0 Å². The van der Waals surface area contributed by atoms with Crippen LogP contribution in [0.3, 0.4) is 0 Å². The van der Waals surface area contributed by atoms with Gasteiger partial charge in [-0.15, -0.1) is 0 Å². The van der Waals surface area contributed by atoms with Crippen LogP contribution < -0.4 is 11.1 Å². The lowest BCUT2D eigenvalue weighted by molar-refractivity contribution is -0.129. The van der Waals surface area contributed by atoms with Crippen molar-refractivity contribution in [2.45, 2.75) is 38.1 Å². The predicted molar refractivity (Wildman–Crippen MR) is 51.1 cm³/mol. The van der Waals surface area contributed by atoms with Crippen molar-refractivity contribution in [2.75, 3.05) is 6.54 Å². The molecule has 1 saturated carbocycles. The Morgan fingerprint density at radius 1 is 1.38 bits per heavy atom. The summed E-state index contributed by atoms with van der Waals surface area (Å²) in [6, 6.07) is 0.462. The van der Waals surface area contributed by atoms with E-state index in [1.54, 1.807) is 0 Å². The van der Waals surface area contributed by atoms with Crippen molar-refractivity contribution < 1.29 is 4.79 Å².